The molecule has 1 unspecified atom stereocenters. The van der Waals surface area contributed by atoms with Crippen molar-refractivity contribution < 1.29 is 0 Å². The number of benzene rings is 2. The first-order valence-corrected chi connectivity index (χ1v) is 7.69. The van der Waals surface area contributed by atoms with Gasteiger partial charge < -0.3 is 5.32 Å². The maximum Gasteiger partial charge on any atom is 0.0724 e. The quantitative estimate of drug-likeness (QED) is 0.711. The molecule has 2 aromatic rings. The Labute approximate surface area is 131 Å². The van der Waals surface area contributed by atoms with Crippen LogP contribution >= 0.6 is 39.1 Å². The van der Waals surface area contributed by atoms with Crippen LogP contribution in [-0.4, -0.2) is 0 Å². The fraction of sp³-hybridized carbons (Fsp3) is 0.200. The molecule has 1 atom stereocenters. The Balaban J connectivity index is 1.92. The predicted octanol–water partition coefficient (Wildman–Crippen LogP) is 5.86. The van der Waals surface area contributed by atoms with Gasteiger partial charge in [0.1, 0.15) is 0 Å². The van der Waals surface area contributed by atoms with Crippen LogP contribution in [0, 0.1) is 0 Å². The molecule has 0 radical (unpaired) electrons. The third-order valence-corrected chi connectivity index (χ3v) is 4.51. The van der Waals surface area contributed by atoms with Gasteiger partial charge in [-0.2, -0.15) is 0 Å². The van der Waals surface area contributed by atoms with Gasteiger partial charge in [-0.3, -0.25) is 0 Å². The first-order valence-electron chi connectivity index (χ1n) is 6.14. The van der Waals surface area contributed by atoms with Gasteiger partial charge in [0.2, 0.25) is 0 Å². The van der Waals surface area contributed by atoms with E-state index in [0.29, 0.717) is 10.0 Å². The van der Waals surface area contributed by atoms with Gasteiger partial charge in [0, 0.05) is 4.47 Å². The molecule has 3 rings (SSSR count). The molecule has 4 heteroatoms. The van der Waals surface area contributed by atoms with Crippen molar-refractivity contribution in [3.05, 3.63) is 62.0 Å². The Kier molecular flexibility index (Phi) is 3.75. The Morgan fingerprint density at radius 3 is 2.53 bits per heavy atom. The number of rotatable bonds is 2. The summed E-state index contributed by atoms with van der Waals surface area (Å²) in [5.41, 5.74) is 3.56. The summed E-state index contributed by atoms with van der Waals surface area (Å²) in [6.45, 7) is 0. The van der Waals surface area contributed by atoms with Gasteiger partial charge >= 0.3 is 0 Å². The number of fused-ring (bicyclic) bond motifs is 1. The van der Waals surface area contributed by atoms with Crippen molar-refractivity contribution in [3.63, 3.8) is 0 Å². The first-order chi connectivity index (χ1) is 9.15. The summed E-state index contributed by atoms with van der Waals surface area (Å²) in [6.07, 6.45) is 2.17. The van der Waals surface area contributed by atoms with Crippen LogP contribution in [0.3, 0.4) is 0 Å². The van der Waals surface area contributed by atoms with Gasteiger partial charge in [0.15, 0.2) is 0 Å². The molecule has 0 heterocycles. The molecule has 0 aliphatic heterocycles. The summed E-state index contributed by atoms with van der Waals surface area (Å²) in [6, 6.07) is 12.5. The summed E-state index contributed by atoms with van der Waals surface area (Å²) >= 11 is 15.9. The molecule has 0 saturated carbocycles. The summed E-state index contributed by atoms with van der Waals surface area (Å²) in [4.78, 5) is 0. The molecular weight excluding hydrogens is 345 g/mol. The smallest absolute Gasteiger partial charge is 0.0724 e. The molecule has 1 aliphatic rings. The van der Waals surface area contributed by atoms with Crippen molar-refractivity contribution in [1.82, 2.24) is 0 Å². The monoisotopic (exact) mass is 355 g/mol. The molecule has 0 bridgehead atoms. The molecular formula is C15H12BrCl2N. The van der Waals surface area contributed by atoms with Gasteiger partial charge in [-0.25, -0.2) is 0 Å². The lowest BCUT2D eigenvalue weighted by Crippen LogP contribution is -2.07. The number of hydrogen-bond acceptors (Lipinski definition) is 1. The molecule has 1 N–H and O–H groups in total. The van der Waals surface area contributed by atoms with Crippen molar-refractivity contribution in [2.45, 2.75) is 18.9 Å². The first kappa shape index (κ1) is 13.3. The molecule has 2 aromatic carbocycles. The van der Waals surface area contributed by atoms with Crippen LogP contribution in [0.15, 0.2) is 40.9 Å². The lowest BCUT2D eigenvalue weighted by atomic mass is 10.1. The summed E-state index contributed by atoms with van der Waals surface area (Å²) < 4.78 is 0.889. The third kappa shape index (κ3) is 2.62. The molecule has 0 amide bonds. The Morgan fingerprint density at radius 2 is 1.79 bits per heavy atom. The Hall–Kier alpha value is -0.700. The summed E-state index contributed by atoms with van der Waals surface area (Å²) in [5.74, 6) is 0. The van der Waals surface area contributed by atoms with Crippen molar-refractivity contribution in [2.75, 3.05) is 5.32 Å². The van der Waals surface area contributed by atoms with E-state index in [1.165, 1.54) is 11.1 Å². The van der Waals surface area contributed by atoms with Crippen LogP contribution in [0.25, 0.3) is 0 Å². The van der Waals surface area contributed by atoms with Crippen LogP contribution in [-0.2, 0) is 6.42 Å². The molecule has 0 fully saturated rings. The van der Waals surface area contributed by atoms with Crippen molar-refractivity contribution >= 4 is 44.8 Å². The summed E-state index contributed by atoms with van der Waals surface area (Å²) in [7, 11) is 0. The average molecular weight is 357 g/mol. The van der Waals surface area contributed by atoms with E-state index in [0.717, 1.165) is 23.0 Å². The van der Waals surface area contributed by atoms with Gasteiger partial charge in [0.05, 0.1) is 21.8 Å². The number of hydrogen-bond donors (Lipinski definition) is 1. The van der Waals surface area contributed by atoms with Gasteiger partial charge in [0.25, 0.3) is 0 Å². The molecule has 19 heavy (non-hydrogen) atoms. The highest BCUT2D eigenvalue weighted by molar-refractivity contribution is 9.10. The summed E-state index contributed by atoms with van der Waals surface area (Å²) in [5, 5.41) is 4.76. The van der Waals surface area contributed by atoms with Crippen LogP contribution in [0.5, 0.6) is 0 Å². The topological polar surface area (TPSA) is 12.0 Å². The zero-order chi connectivity index (χ0) is 13.4. The average Bonchev–Trinajstić information content (AvgIpc) is 2.77. The highest BCUT2D eigenvalue weighted by Crippen LogP contribution is 2.39. The van der Waals surface area contributed by atoms with E-state index >= 15 is 0 Å². The predicted molar refractivity (Wildman–Crippen MR) is 85.3 cm³/mol. The minimum absolute atomic E-state index is 0.285. The Bertz CT molecular complexity index is 604. The third-order valence-electron chi connectivity index (χ3n) is 3.46. The van der Waals surface area contributed by atoms with E-state index < -0.39 is 0 Å². The molecule has 98 valence electrons. The fourth-order valence-corrected chi connectivity index (χ4v) is 3.88. The number of aryl methyl sites for hydroxylation is 1. The second kappa shape index (κ2) is 5.35. The van der Waals surface area contributed by atoms with Crippen LogP contribution in [0.1, 0.15) is 23.6 Å². The highest BCUT2D eigenvalue weighted by atomic mass is 79.9. The maximum absolute atomic E-state index is 6.26. The number of halogens is 3. The van der Waals surface area contributed by atoms with Crippen LogP contribution in [0.4, 0.5) is 5.69 Å². The standard InChI is InChI=1S/C15H12BrCl2N/c16-10-7-12(17)15(13(18)8-10)19-14-6-5-9-3-1-2-4-11(9)14/h1-4,7-8,14,19H,5-6H2. The van der Waals surface area contributed by atoms with Gasteiger partial charge in [-0.1, -0.05) is 63.4 Å². The SMILES string of the molecule is Clc1cc(Br)cc(Cl)c1NC1CCc2ccccc21. The largest absolute Gasteiger partial charge is 0.376 e. The van der Waals surface area contributed by atoms with E-state index in [1.807, 2.05) is 12.1 Å². The molecule has 0 spiro atoms. The van der Waals surface area contributed by atoms with Crippen molar-refractivity contribution in [1.29, 1.82) is 0 Å². The molecule has 0 saturated heterocycles. The number of nitrogens with one attached hydrogen (secondary N) is 1. The number of anilines is 1. The molecule has 1 aliphatic carbocycles. The van der Waals surface area contributed by atoms with Crippen LogP contribution < -0.4 is 5.32 Å². The maximum atomic E-state index is 6.26. The second-order valence-corrected chi connectivity index (χ2v) is 6.41. The van der Waals surface area contributed by atoms with Crippen molar-refractivity contribution in [3.8, 4) is 0 Å². The van der Waals surface area contributed by atoms with E-state index in [1.54, 1.807) is 0 Å². The van der Waals surface area contributed by atoms with E-state index in [4.69, 9.17) is 23.2 Å². The van der Waals surface area contributed by atoms with Gasteiger partial charge in [-0.15, -0.1) is 0 Å². The normalized spacial score (nSPS) is 17.3. The fourth-order valence-electron chi connectivity index (χ4n) is 2.56. The molecule has 1 nitrogen and oxygen atoms in total. The van der Waals surface area contributed by atoms with E-state index in [-0.39, 0.29) is 6.04 Å². The Morgan fingerprint density at radius 1 is 1.11 bits per heavy atom. The lowest BCUT2D eigenvalue weighted by molar-refractivity contribution is 0.762. The highest BCUT2D eigenvalue weighted by Gasteiger charge is 2.23. The van der Waals surface area contributed by atoms with Crippen LogP contribution in [0.2, 0.25) is 10.0 Å². The second-order valence-electron chi connectivity index (χ2n) is 4.68. The lowest BCUT2D eigenvalue weighted by Gasteiger charge is -2.18. The van der Waals surface area contributed by atoms with E-state index in [9.17, 15) is 0 Å². The molecule has 0 aromatic heterocycles. The van der Waals surface area contributed by atoms with Crippen molar-refractivity contribution in [2.24, 2.45) is 0 Å². The minimum Gasteiger partial charge on any atom is -0.376 e. The van der Waals surface area contributed by atoms with Gasteiger partial charge in [-0.05, 0) is 36.1 Å². The zero-order valence-corrected chi connectivity index (χ0v) is 13.2. The van der Waals surface area contributed by atoms with E-state index in [2.05, 4.69) is 45.5 Å². The zero-order valence-electron chi connectivity index (χ0n) is 10.1. The minimum atomic E-state index is 0.285.